The molecule has 0 radical (unpaired) electrons. The maximum atomic E-state index is 13.5. The molecule has 40 heavy (non-hydrogen) atoms. The third-order valence-electron chi connectivity index (χ3n) is 7.47. The summed E-state index contributed by atoms with van der Waals surface area (Å²) in [7, 11) is 1.09. The summed E-state index contributed by atoms with van der Waals surface area (Å²) in [6.45, 7) is 4.93. The van der Waals surface area contributed by atoms with Gasteiger partial charge < -0.3 is 9.47 Å². The first-order valence-electron chi connectivity index (χ1n) is 12.9. The van der Waals surface area contributed by atoms with Crippen LogP contribution < -0.4 is 4.90 Å². The molecule has 12 heteroatoms. The fourth-order valence-electron chi connectivity index (χ4n) is 5.27. The summed E-state index contributed by atoms with van der Waals surface area (Å²) in [6, 6.07) is 3.67. The van der Waals surface area contributed by atoms with Crippen molar-refractivity contribution in [1.82, 2.24) is 4.90 Å². The number of methoxy groups -OCH3 is 1. The van der Waals surface area contributed by atoms with E-state index in [4.69, 9.17) is 9.47 Å². The number of amides is 2. The van der Waals surface area contributed by atoms with Crippen LogP contribution in [-0.2, 0) is 28.4 Å². The molecule has 2 aromatic carbocycles. The van der Waals surface area contributed by atoms with Crippen LogP contribution in [0.4, 0.5) is 41.6 Å². The van der Waals surface area contributed by atoms with Crippen LogP contribution in [-0.4, -0.2) is 36.8 Å². The van der Waals surface area contributed by atoms with Crippen molar-refractivity contribution < 1.29 is 45.4 Å². The maximum Gasteiger partial charge on any atom is 0.416 e. The zero-order valence-electron chi connectivity index (χ0n) is 22.4. The fraction of sp³-hybridized carbons (Fsp3) is 0.500. The van der Waals surface area contributed by atoms with Gasteiger partial charge in [0.2, 0.25) is 0 Å². The average Bonchev–Trinajstić information content (AvgIpc) is 3.71. The number of ether oxygens (including phenoxy) is 2. The summed E-state index contributed by atoms with van der Waals surface area (Å²) in [6.07, 6.45) is -9.68. The molecular formula is C28H30F6N2O4. The largest absolute Gasteiger partial charge is 0.453 e. The van der Waals surface area contributed by atoms with E-state index < -0.39 is 54.3 Å². The molecule has 1 saturated carbocycles. The van der Waals surface area contributed by atoms with E-state index >= 15 is 0 Å². The molecule has 1 aliphatic heterocycles. The van der Waals surface area contributed by atoms with Crippen LogP contribution in [0.1, 0.15) is 65.6 Å². The third-order valence-corrected chi connectivity index (χ3v) is 7.47. The number of carbonyl (C=O) groups is 2. The number of nitrogens with zero attached hydrogens (tertiary/aromatic N) is 2. The van der Waals surface area contributed by atoms with Crippen LogP contribution in [0, 0.1) is 19.8 Å². The van der Waals surface area contributed by atoms with Crippen LogP contribution in [0.5, 0.6) is 0 Å². The van der Waals surface area contributed by atoms with Gasteiger partial charge in [0.25, 0.3) is 0 Å². The molecule has 0 unspecified atom stereocenters. The Kier molecular flexibility index (Phi) is 8.01. The van der Waals surface area contributed by atoms with Crippen molar-refractivity contribution in [2.24, 2.45) is 5.92 Å². The molecule has 6 nitrogen and oxygen atoms in total. The number of hydrogen-bond acceptors (Lipinski definition) is 4. The maximum absolute atomic E-state index is 13.5. The molecule has 1 fully saturated rings. The number of aryl methyl sites for hydroxylation is 2. The van der Waals surface area contributed by atoms with Gasteiger partial charge in [-0.25, -0.2) is 9.59 Å². The smallest absolute Gasteiger partial charge is 0.416 e. The first-order valence-corrected chi connectivity index (χ1v) is 12.9. The molecule has 2 aromatic rings. The lowest BCUT2D eigenvalue weighted by Crippen LogP contribution is -2.50. The highest BCUT2D eigenvalue weighted by Crippen LogP contribution is 2.49. The van der Waals surface area contributed by atoms with Crippen LogP contribution in [0.25, 0.3) is 0 Å². The Bertz CT molecular complexity index is 1260. The van der Waals surface area contributed by atoms with E-state index in [1.165, 1.54) is 0 Å². The van der Waals surface area contributed by atoms with Gasteiger partial charge in [0, 0.05) is 12.6 Å². The zero-order valence-corrected chi connectivity index (χ0v) is 22.4. The third kappa shape index (κ3) is 6.00. The minimum absolute atomic E-state index is 0.0500. The van der Waals surface area contributed by atoms with Crippen molar-refractivity contribution in [3.8, 4) is 0 Å². The molecule has 2 aliphatic rings. The van der Waals surface area contributed by atoms with Crippen molar-refractivity contribution in [1.29, 1.82) is 0 Å². The van der Waals surface area contributed by atoms with Gasteiger partial charge in [-0.05, 0) is 92.5 Å². The lowest BCUT2D eigenvalue weighted by atomic mass is 9.86. The lowest BCUT2D eigenvalue weighted by Gasteiger charge is -2.44. The van der Waals surface area contributed by atoms with Gasteiger partial charge >= 0.3 is 24.5 Å². The Labute approximate surface area is 227 Å². The Hall–Kier alpha value is -3.44. The first-order chi connectivity index (χ1) is 18.6. The minimum Gasteiger partial charge on any atom is -0.453 e. The Morgan fingerprint density at radius 1 is 0.950 bits per heavy atom. The van der Waals surface area contributed by atoms with Gasteiger partial charge in [-0.15, -0.1) is 0 Å². The number of benzene rings is 2. The number of alkyl halides is 6. The molecule has 1 aliphatic carbocycles. The summed E-state index contributed by atoms with van der Waals surface area (Å²) in [5.41, 5.74) is -0.580. The van der Waals surface area contributed by atoms with E-state index in [0.29, 0.717) is 23.4 Å². The van der Waals surface area contributed by atoms with Crippen LogP contribution in [0.2, 0.25) is 0 Å². The van der Waals surface area contributed by atoms with Gasteiger partial charge in [-0.2, -0.15) is 26.3 Å². The number of anilines is 1. The number of rotatable bonds is 5. The second-order valence-corrected chi connectivity index (χ2v) is 10.2. The predicted molar refractivity (Wildman–Crippen MR) is 134 cm³/mol. The summed E-state index contributed by atoms with van der Waals surface area (Å²) in [5, 5.41) is 0. The summed E-state index contributed by atoms with van der Waals surface area (Å²) >= 11 is 0. The minimum atomic E-state index is -5.03. The van der Waals surface area contributed by atoms with Gasteiger partial charge in [0.05, 0.1) is 36.6 Å². The number of hydrogen-bond donors (Lipinski definition) is 0. The first kappa shape index (κ1) is 29.5. The van der Waals surface area contributed by atoms with E-state index in [1.54, 1.807) is 24.0 Å². The molecule has 0 saturated heterocycles. The van der Waals surface area contributed by atoms with Gasteiger partial charge in [0.1, 0.15) is 0 Å². The molecule has 2 amide bonds. The van der Waals surface area contributed by atoms with Crippen LogP contribution in [0.15, 0.2) is 30.3 Å². The molecule has 4 rings (SSSR count). The van der Waals surface area contributed by atoms with Gasteiger partial charge in [-0.1, -0.05) is 6.07 Å². The quantitative estimate of drug-likeness (QED) is 0.343. The summed E-state index contributed by atoms with van der Waals surface area (Å²) in [4.78, 5) is 28.9. The average molecular weight is 573 g/mol. The summed E-state index contributed by atoms with van der Waals surface area (Å²) in [5.74, 6) is 0.103. The number of fused-ring (bicyclic) bond motifs is 1. The topological polar surface area (TPSA) is 59.1 Å². The molecule has 0 aromatic heterocycles. The van der Waals surface area contributed by atoms with Crippen molar-refractivity contribution in [3.05, 3.63) is 63.7 Å². The van der Waals surface area contributed by atoms with Crippen molar-refractivity contribution in [3.63, 3.8) is 0 Å². The van der Waals surface area contributed by atoms with Crippen LogP contribution >= 0.6 is 0 Å². The van der Waals surface area contributed by atoms with E-state index in [-0.39, 0.29) is 30.6 Å². The normalized spacial score (nSPS) is 19.2. The van der Waals surface area contributed by atoms with Gasteiger partial charge in [0.15, 0.2) is 0 Å². The number of carbonyl (C=O) groups excluding carboxylic acids is 2. The van der Waals surface area contributed by atoms with Crippen molar-refractivity contribution in [2.45, 2.75) is 71.0 Å². The summed E-state index contributed by atoms with van der Waals surface area (Å²) < 4.78 is 91.5. The number of halogens is 6. The lowest BCUT2D eigenvalue weighted by molar-refractivity contribution is -0.143. The van der Waals surface area contributed by atoms with E-state index in [9.17, 15) is 35.9 Å². The predicted octanol–water partition coefficient (Wildman–Crippen LogP) is 7.80. The molecule has 0 spiro atoms. The molecule has 2 atom stereocenters. The standard InChI is InChI=1S/C28H30F6N2O4/c1-5-40-26(38)36-22(18-6-7-18)13-23(21-8-15(2)16(3)9-24(21)36)35(25(37)39-4)14-17-10-19(27(29,30)31)12-20(11-17)28(32,33)34/h8-12,18,22-23H,5-7,13-14H2,1-4H3/t22-,23-/m1/s1. The Balaban J connectivity index is 1.85. The zero-order chi connectivity index (χ0) is 29.6. The Morgan fingerprint density at radius 3 is 2.02 bits per heavy atom. The Morgan fingerprint density at radius 2 is 1.52 bits per heavy atom. The highest BCUT2D eigenvalue weighted by molar-refractivity contribution is 5.91. The molecule has 218 valence electrons. The van der Waals surface area contributed by atoms with E-state index in [1.807, 2.05) is 13.8 Å². The fourth-order valence-corrected chi connectivity index (χ4v) is 5.27. The second-order valence-electron chi connectivity index (χ2n) is 10.2. The highest BCUT2D eigenvalue weighted by atomic mass is 19.4. The van der Waals surface area contributed by atoms with Crippen molar-refractivity contribution in [2.75, 3.05) is 18.6 Å². The highest BCUT2D eigenvalue weighted by Gasteiger charge is 2.47. The van der Waals surface area contributed by atoms with Crippen molar-refractivity contribution >= 4 is 17.9 Å². The van der Waals surface area contributed by atoms with E-state index in [0.717, 1.165) is 36.0 Å². The van der Waals surface area contributed by atoms with E-state index in [2.05, 4.69) is 0 Å². The molecule has 1 heterocycles. The molecular weight excluding hydrogens is 542 g/mol. The monoisotopic (exact) mass is 572 g/mol. The molecule has 0 bridgehead atoms. The van der Waals surface area contributed by atoms with Gasteiger partial charge in [-0.3, -0.25) is 9.80 Å². The van der Waals surface area contributed by atoms with Crippen LogP contribution in [0.3, 0.4) is 0 Å². The second kappa shape index (κ2) is 10.9. The molecule has 0 N–H and O–H groups in total. The SMILES string of the molecule is CCOC(=O)N1c2cc(C)c(C)cc2[C@H](N(Cc2cc(C(F)(F)F)cc(C(F)(F)F)c2)C(=O)OC)C[C@@H]1C1CC1.